The number of benzene rings is 1. The standard InChI is InChI=1S/C18H21N5/c1-19-18(21-10-13-23-11-2-3-12-23)22-14-16-7-4-6-15-8-5-9-20-17(15)16/h2-9,11-12H,10,13-14H2,1H3,(H2,19,21,22). The van der Waals surface area contributed by atoms with E-state index in [-0.39, 0.29) is 0 Å². The Balaban J connectivity index is 1.57. The van der Waals surface area contributed by atoms with Crippen LogP contribution in [0.25, 0.3) is 10.9 Å². The van der Waals surface area contributed by atoms with Gasteiger partial charge in [0.2, 0.25) is 0 Å². The van der Waals surface area contributed by atoms with Crippen LogP contribution in [-0.2, 0) is 13.1 Å². The van der Waals surface area contributed by atoms with Crippen molar-refractivity contribution < 1.29 is 0 Å². The highest BCUT2D eigenvalue weighted by Gasteiger charge is 2.03. The van der Waals surface area contributed by atoms with Crippen LogP contribution in [0.4, 0.5) is 0 Å². The van der Waals surface area contributed by atoms with Crippen molar-refractivity contribution in [2.45, 2.75) is 13.1 Å². The molecule has 0 unspecified atom stereocenters. The van der Waals surface area contributed by atoms with Gasteiger partial charge < -0.3 is 15.2 Å². The minimum Gasteiger partial charge on any atom is -0.355 e. The molecule has 0 amide bonds. The van der Waals surface area contributed by atoms with E-state index in [0.717, 1.165) is 35.5 Å². The number of nitrogens with zero attached hydrogens (tertiary/aromatic N) is 3. The van der Waals surface area contributed by atoms with Crippen molar-refractivity contribution in [1.29, 1.82) is 0 Å². The van der Waals surface area contributed by atoms with E-state index in [0.29, 0.717) is 6.54 Å². The summed E-state index contributed by atoms with van der Waals surface area (Å²) in [5.41, 5.74) is 2.20. The Kier molecular flexibility index (Phi) is 4.88. The number of hydrogen-bond donors (Lipinski definition) is 2. The van der Waals surface area contributed by atoms with E-state index in [1.165, 1.54) is 0 Å². The van der Waals surface area contributed by atoms with Gasteiger partial charge in [-0.3, -0.25) is 9.98 Å². The fourth-order valence-corrected chi connectivity index (χ4v) is 2.53. The third-order valence-electron chi connectivity index (χ3n) is 3.71. The molecule has 0 radical (unpaired) electrons. The van der Waals surface area contributed by atoms with E-state index in [9.17, 15) is 0 Å². The maximum absolute atomic E-state index is 4.48. The lowest BCUT2D eigenvalue weighted by Gasteiger charge is -2.13. The summed E-state index contributed by atoms with van der Waals surface area (Å²) in [6.45, 7) is 2.42. The molecule has 0 fully saturated rings. The predicted molar refractivity (Wildman–Crippen MR) is 94.4 cm³/mol. The number of fused-ring (bicyclic) bond motifs is 1. The van der Waals surface area contributed by atoms with Crippen LogP contribution >= 0.6 is 0 Å². The number of aromatic nitrogens is 2. The van der Waals surface area contributed by atoms with E-state index in [1.807, 2.05) is 24.4 Å². The highest BCUT2D eigenvalue weighted by Crippen LogP contribution is 2.15. The van der Waals surface area contributed by atoms with Gasteiger partial charge in [-0.1, -0.05) is 24.3 Å². The van der Waals surface area contributed by atoms with Crippen LogP contribution in [0.3, 0.4) is 0 Å². The first kappa shape index (κ1) is 15.1. The molecule has 2 heterocycles. The molecule has 2 N–H and O–H groups in total. The summed E-state index contributed by atoms with van der Waals surface area (Å²) in [5.74, 6) is 0.796. The fourth-order valence-electron chi connectivity index (χ4n) is 2.53. The second-order valence-corrected chi connectivity index (χ2v) is 5.27. The van der Waals surface area contributed by atoms with Crippen molar-refractivity contribution in [3.05, 3.63) is 66.6 Å². The van der Waals surface area contributed by atoms with Crippen molar-refractivity contribution in [3.63, 3.8) is 0 Å². The molecular formula is C18H21N5. The lowest BCUT2D eigenvalue weighted by molar-refractivity contribution is 0.665. The number of guanidine groups is 1. The molecule has 0 aliphatic heterocycles. The van der Waals surface area contributed by atoms with E-state index >= 15 is 0 Å². The predicted octanol–water partition coefficient (Wildman–Crippen LogP) is 2.40. The first-order valence-electron chi connectivity index (χ1n) is 7.75. The zero-order chi connectivity index (χ0) is 15.9. The van der Waals surface area contributed by atoms with Crippen LogP contribution in [0, 0.1) is 0 Å². The van der Waals surface area contributed by atoms with Crippen molar-refractivity contribution >= 4 is 16.9 Å². The smallest absolute Gasteiger partial charge is 0.191 e. The number of aliphatic imine (C=N–C) groups is 1. The van der Waals surface area contributed by atoms with Gasteiger partial charge in [0.25, 0.3) is 0 Å². The Morgan fingerprint density at radius 3 is 2.74 bits per heavy atom. The van der Waals surface area contributed by atoms with Gasteiger partial charge in [0.1, 0.15) is 0 Å². The number of hydrogen-bond acceptors (Lipinski definition) is 2. The molecule has 118 valence electrons. The van der Waals surface area contributed by atoms with Crippen molar-refractivity contribution in [3.8, 4) is 0 Å². The summed E-state index contributed by atoms with van der Waals surface area (Å²) < 4.78 is 2.13. The van der Waals surface area contributed by atoms with Gasteiger partial charge in [-0.05, 0) is 23.8 Å². The quantitative estimate of drug-likeness (QED) is 0.562. The Bertz CT molecular complexity index is 772. The maximum Gasteiger partial charge on any atom is 0.191 e. The second kappa shape index (κ2) is 7.45. The molecule has 0 atom stereocenters. The molecule has 2 aromatic heterocycles. The van der Waals surface area contributed by atoms with Crippen LogP contribution in [-0.4, -0.2) is 29.1 Å². The minimum absolute atomic E-state index is 0.692. The summed E-state index contributed by atoms with van der Waals surface area (Å²) in [6.07, 6.45) is 5.94. The van der Waals surface area contributed by atoms with Gasteiger partial charge in [-0.2, -0.15) is 0 Å². The molecule has 5 nitrogen and oxygen atoms in total. The Morgan fingerprint density at radius 2 is 1.91 bits per heavy atom. The van der Waals surface area contributed by atoms with Crippen LogP contribution < -0.4 is 10.6 Å². The van der Waals surface area contributed by atoms with Crippen molar-refractivity contribution in [2.24, 2.45) is 4.99 Å². The molecule has 0 bridgehead atoms. The van der Waals surface area contributed by atoms with E-state index < -0.39 is 0 Å². The van der Waals surface area contributed by atoms with Crippen molar-refractivity contribution in [1.82, 2.24) is 20.2 Å². The zero-order valence-corrected chi connectivity index (χ0v) is 13.2. The van der Waals surface area contributed by atoms with Gasteiger partial charge in [-0.15, -0.1) is 0 Å². The zero-order valence-electron chi connectivity index (χ0n) is 13.2. The van der Waals surface area contributed by atoms with E-state index in [4.69, 9.17) is 0 Å². The van der Waals surface area contributed by atoms with Gasteiger partial charge in [0.05, 0.1) is 5.52 Å². The molecule has 0 aliphatic rings. The lowest BCUT2D eigenvalue weighted by atomic mass is 10.1. The van der Waals surface area contributed by atoms with Crippen LogP contribution in [0.5, 0.6) is 0 Å². The summed E-state index contributed by atoms with van der Waals surface area (Å²) >= 11 is 0. The minimum atomic E-state index is 0.692. The molecule has 0 spiro atoms. The molecule has 1 aromatic carbocycles. The fraction of sp³-hybridized carbons (Fsp3) is 0.222. The molecule has 23 heavy (non-hydrogen) atoms. The Morgan fingerprint density at radius 1 is 1.09 bits per heavy atom. The largest absolute Gasteiger partial charge is 0.355 e. The molecule has 0 aliphatic carbocycles. The number of rotatable bonds is 5. The Labute approximate surface area is 136 Å². The average Bonchev–Trinajstić information content (AvgIpc) is 3.11. The summed E-state index contributed by atoms with van der Waals surface area (Å²) in [6, 6.07) is 14.3. The normalized spacial score (nSPS) is 11.6. The first-order chi connectivity index (χ1) is 11.4. The third kappa shape index (κ3) is 3.88. The number of para-hydroxylation sites is 1. The van der Waals surface area contributed by atoms with Crippen LogP contribution in [0.1, 0.15) is 5.56 Å². The summed E-state index contributed by atoms with van der Waals surface area (Å²) in [4.78, 5) is 8.74. The number of nitrogens with one attached hydrogen (secondary N) is 2. The van der Waals surface area contributed by atoms with Gasteiger partial charge in [-0.25, -0.2) is 0 Å². The van der Waals surface area contributed by atoms with Crippen LogP contribution in [0.15, 0.2) is 66.0 Å². The molecule has 0 saturated heterocycles. The van der Waals surface area contributed by atoms with Gasteiger partial charge in [0.15, 0.2) is 5.96 Å². The summed E-state index contributed by atoms with van der Waals surface area (Å²) in [5, 5.41) is 7.83. The van der Waals surface area contributed by atoms with E-state index in [1.54, 1.807) is 7.05 Å². The molecular weight excluding hydrogens is 286 g/mol. The Hall–Kier alpha value is -2.82. The topological polar surface area (TPSA) is 54.2 Å². The molecule has 0 saturated carbocycles. The van der Waals surface area contributed by atoms with Gasteiger partial charge in [0, 0.05) is 50.7 Å². The summed E-state index contributed by atoms with van der Waals surface area (Å²) in [7, 11) is 1.78. The lowest BCUT2D eigenvalue weighted by Crippen LogP contribution is -2.38. The first-order valence-corrected chi connectivity index (χ1v) is 7.75. The van der Waals surface area contributed by atoms with Crippen LogP contribution in [0.2, 0.25) is 0 Å². The molecule has 3 rings (SSSR count). The number of pyridine rings is 1. The highest BCUT2D eigenvalue weighted by atomic mass is 15.2. The maximum atomic E-state index is 4.48. The SMILES string of the molecule is CN=C(NCCn1cccc1)NCc1cccc2cccnc12. The molecule has 3 aromatic rings. The van der Waals surface area contributed by atoms with Gasteiger partial charge >= 0.3 is 0 Å². The second-order valence-electron chi connectivity index (χ2n) is 5.27. The van der Waals surface area contributed by atoms with Crippen molar-refractivity contribution in [2.75, 3.05) is 13.6 Å². The monoisotopic (exact) mass is 307 g/mol. The average molecular weight is 307 g/mol. The molecule has 5 heteroatoms. The third-order valence-corrected chi connectivity index (χ3v) is 3.71. The van der Waals surface area contributed by atoms with E-state index in [2.05, 4.69) is 61.8 Å². The highest BCUT2D eigenvalue weighted by molar-refractivity contribution is 5.83.